The van der Waals surface area contributed by atoms with Gasteiger partial charge in [0.1, 0.15) is 16.7 Å². The second-order valence-corrected chi connectivity index (χ2v) is 13.1. The molecule has 11 nitrogen and oxygen atoms in total. The third kappa shape index (κ3) is 6.69. The predicted molar refractivity (Wildman–Crippen MR) is 146 cm³/mol. The van der Waals surface area contributed by atoms with E-state index < -0.39 is 37.1 Å². The van der Waals surface area contributed by atoms with Gasteiger partial charge in [0.25, 0.3) is 0 Å². The number of benzene rings is 2. The number of sulfonamides is 1. The highest BCUT2D eigenvalue weighted by Gasteiger charge is 2.27. The number of nitrogens with two attached hydrogens (primary N) is 1. The molecule has 0 saturated heterocycles. The number of pyridine rings is 1. The fourth-order valence-electron chi connectivity index (χ4n) is 4.01. The molecule has 0 radical (unpaired) electrons. The summed E-state index contributed by atoms with van der Waals surface area (Å²) in [6.07, 6.45) is 2.57. The van der Waals surface area contributed by atoms with Crippen LogP contribution in [0.25, 0.3) is 22.3 Å². The van der Waals surface area contributed by atoms with Crippen LogP contribution >= 0.6 is 0 Å². The molecule has 0 unspecified atom stereocenters. The smallest absolute Gasteiger partial charge is 0.387 e. The van der Waals surface area contributed by atoms with Crippen LogP contribution in [0.15, 0.2) is 64.4 Å². The number of hydrogen-bond donors (Lipinski definition) is 2. The molecule has 4 aromatic rings. The minimum atomic E-state index is -3.90. The van der Waals surface area contributed by atoms with Crippen molar-refractivity contribution in [2.75, 3.05) is 11.6 Å². The molecule has 1 atom stereocenters. The van der Waals surface area contributed by atoms with E-state index in [1.165, 1.54) is 24.3 Å². The summed E-state index contributed by atoms with van der Waals surface area (Å²) in [7, 11) is -7.71. The number of halogens is 2. The molecule has 216 valence electrons. The molecule has 15 heteroatoms. The SMILES string of the molecule is C[C@@H](Nc1nc(OC2CC2)c2nc(-c3ccc(OC(F)F)c(S(C)(=O)=O)c3)ccc2n1)c1ccc(S(N)(=O)=O)cc1. The number of rotatable bonds is 10. The van der Waals surface area contributed by atoms with Crippen molar-refractivity contribution in [1.29, 1.82) is 0 Å². The molecule has 1 fully saturated rings. The largest absolute Gasteiger partial charge is 0.473 e. The number of aromatic nitrogens is 3. The van der Waals surface area contributed by atoms with Crippen molar-refractivity contribution in [3.63, 3.8) is 0 Å². The van der Waals surface area contributed by atoms with Crippen LogP contribution in [0.4, 0.5) is 14.7 Å². The molecule has 0 bridgehead atoms. The Morgan fingerprint density at radius 2 is 1.68 bits per heavy atom. The van der Waals surface area contributed by atoms with Crippen LogP contribution < -0.4 is 19.9 Å². The number of anilines is 1. The van der Waals surface area contributed by atoms with Gasteiger partial charge in [0.05, 0.1) is 22.1 Å². The number of nitrogens with zero attached hydrogens (tertiary/aromatic N) is 3. The Hall–Kier alpha value is -3.95. The van der Waals surface area contributed by atoms with Gasteiger partial charge in [-0.3, -0.25) is 0 Å². The number of sulfone groups is 1. The second-order valence-electron chi connectivity index (χ2n) is 9.53. The quantitative estimate of drug-likeness (QED) is 0.269. The topological polar surface area (TPSA) is 163 Å². The van der Waals surface area contributed by atoms with Crippen molar-refractivity contribution < 1.29 is 35.1 Å². The van der Waals surface area contributed by atoms with Gasteiger partial charge in [-0.05, 0) is 67.8 Å². The zero-order valence-electron chi connectivity index (χ0n) is 21.8. The summed E-state index contributed by atoms with van der Waals surface area (Å²) in [5, 5.41) is 8.36. The van der Waals surface area contributed by atoms with E-state index in [2.05, 4.69) is 25.0 Å². The molecule has 2 aromatic heterocycles. The summed E-state index contributed by atoms with van der Waals surface area (Å²) in [5.74, 6) is 0.00968. The lowest BCUT2D eigenvalue weighted by atomic mass is 10.1. The average Bonchev–Trinajstić information content (AvgIpc) is 3.71. The van der Waals surface area contributed by atoms with E-state index in [1.807, 2.05) is 6.92 Å². The van der Waals surface area contributed by atoms with Gasteiger partial charge >= 0.3 is 6.61 Å². The molecule has 1 aliphatic carbocycles. The highest BCUT2D eigenvalue weighted by molar-refractivity contribution is 7.90. The van der Waals surface area contributed by atoms with E-state index in [1.54, 1.807) is 24.3 Å². The summed E-state index contributed by atoms with van der Waals surface area (Å²) in [6.45, 7) is -1.34. The Morgan fingerprint density at radius 1 is 0.976 bits per heavy atom. The lowest BCUT2D eigenvalue weighted by Crippen LogP contribution is -2.13. The van der Waals surface area contributed by atoms with E-state index in [0.717, 1.165) is 30.7 Å². The van der Waals surface area contributed by atoms with Crippen LogP contribution in [0.3, 0.4) is 0 Å². The van der Waals surface area contributed by atoms with Gasteiger partial charge in [-0.2, -0.15) is 13.8 Å². The van der Waals surface area contributed by atoms with Crippen molar-refractivity contribution in [2.24, 2.45) is 5.14 Å². The standard InChI is InChI=1S/C26H25F2N5O6S2/c1-14(15-3-8-18(9-4-15)41(29,36)37)30-26-32-20-11-10-19(31-23(20)24(33-26)38-17-6-7-17)16-5-12-21(39-25(27)28)22(13-16)40(2,34)35/h3-5,8-14,17,25H,6-7H2,1-2H3,(H2,29,36,37)(H,30,32,33)/t14-/m1/s1. The van der Waals surface area contributed by atoms with Crippen LogP contribution in [0, 0.1) is 0 Å². The minimum Gasteiger partial charge on any atom is -0.473 e. The molecule has 0 aliphatic heterocycles. The molecule has 2 heterocycles. The Balaban J connectivity index is 1.50. The van der Waals surface area contributed by atoms with Gasteiger partial charge in [0, 0.05) is 11.8 Å². The van der Waals surface area contributed by atoms with Crippen molar-refractivity contribution >= 4 is 36.8 Å². The monoisotopic (exact) mass is 605 g/mol. The van der Waals surface area contributed by atoms with Gasteiger partial charge in [-0.25, -0.2) is 31.9 Å². The zero-order valence-corrected chi connectivity index (χ0v) is 23.4. The number of ether oxygens (including phenoxy) is 2. The van der Waals surface area contributed by atoms with Gasteiger partial charge in [0.2, 0.25) is 21.9 Å². The number of nitrogens with one attached hydrogen (secondary N) is 1. The summed E-state index contributed by atoms with van der Waals surface area (Å²) >= 11 is 0. The fraction of sp³-hybridized carbons (Fsp3) is 0.269. The fourth-order valence-corrected chi connectivity index (χ4v) is 5.35. The van der Waals surface area contributed by atoms with Crippen molar-refractivity contribution in [3.05, 3.63) is 60.2 Å². The first-order valence-corrected chi connectivity index (χ1v) is 15.8. The summed E-state index contributed by atoms with van der Waals surface area (Å²) in [5.41, 5.74) is 2.24. The highest BCUT2D eigenvalue weighted by Crippen LogP contribution is 2.34. The molecule has 5 rings (SSSR count). The van der Waals surface area contributed by atoms with Crippen molar-refractivity contribution in [2.45, 2.75) is 48.3 Å². The highest BCUT2D eigenvalue weighted by atomic mass is 32.2. The number of primary sulfonamides is 1. The van der Waals surface area contributed by atoms with Crippen molar-refractivity contribution in [1.82, 2.24) is 15.0 Å². The zero-order chi connectivity index (χ0) is 29.5. The van der Waals surface area contributed by atoms with Gasteiger partial charge in [-0.15, -0.1) is 0 Å². The average molecular weight is 606 g/mol. The van der Waals surface area contributed by atoms with Crippen LogP contribution in [0.5, 0.6) is 11.6 Å². The number of hydrogen-bond acceptors (Lipinski definition) is 10. The third-order valence-electron chi connectivity index (χ3n) is 6.22. The second kappa shape index (κ2) is 10.8. The van der Waals surface area contributed by atoms with Gasteiger partial charge < -0.3 is 14.8 Å². The van der Waals surface area contributed by atoms with Crippen LogP contribution in [-0.2, 0) is 19.9 Å². The third-order valence-corrected chi connectivity index (χ3v) is 8.27. The Labute approximate surface area is 234 Å². The number of alkyl halides is 2. The molecule has 41 heavy (non-hydrogen) atoms. The summed E-state index contributed by atoms with van der Waals surface area (Å²) < 4.78 is 83.7. The first kappa shape index (κ1) is 28.6. The lowest BCUT2D eigenvalue weighted by Gasteiger charge is -2.16. The predicted octanol–water partition coefficient (Wildman–Crippen LogP) is 4.06. The molecule has 2 aromatic carbocycles. The molecular formula is C26H25F2N5O6S2. The first-order chi connectivity index (χ1) is 19.3. The van der Waals surface area contributed by atoms with E-state index in [9.17, 15) is 25.6 Å². The molecule has 3 N–H and O–H groups in total. The number of fused-ring (bicyclic) bond motifs is 1. The van der Waals surface area contributed by atoms with Crippen LogP contribution in [0.2, 0.25) is 0 Å². The maximum Gasteiger partial charge on any atom is 0.387 e. The first-order valence-electron chi connectivity index (χ1n) is 12.3. The van der Waals surface area contributed by atoms with E-state index >= 15 is 0 Å². The van der Waals surface area contributed by atoms with Gasteiger partial charge in [0.15, 0.2) is 15.4 Å². The Kier molecular flexibility index (Phi) is 7.52. The Morgan fingerprint density at radius 3 is 2.29 bits per heavy atom. The minimum absolute atomic E-state index is 0.00255. The van der Waals surface area contributed by atoms with E-state index in [0.29, 0.717) is 22.3 Å². The molecule has 1 aliphatic rings. The van der Waals surface area contributed by atoms with Crippen LogP contribution in [0.1, 0.15) is 31.4 Å². The molecule has 1 saturated carbocycles. The summed E-state index contributed by atoms with van der Waals surface area (Å²) in [6, 6.07) is 12.9. The maximum atomic E-state index is 12.8. The van der Waals surface area contributed by atoms with Crippen LogP contribution in [-0.4, -0.2) is 50.8 Å². The lowest BCUT2D eigenvalue weighted by molar-refractivity contribution is -0.0517. The van der Waals surface area contributed by atoms with Gasteiger partial charge in [-0.1, -0.05) is 12.1 Å². The van der Waals surface area contributed by atoms with Crippen molar-refractivity contribution in [3.8, 4) is 22.9 Å². The maximum absolute atomic E-state index is 12.8. The Bertz CT molecular complexity index is 1830. The van der Waals surface area contributed by atoms with E-state index in [4.69, 9.17) is 9.88 Å². The van der Waals surface area contributed by atoms with E-state index in [-0.39, 0.29) is 28.9 Å². The molecule has 0 amide bonds. The molecular weight excluding hydrogens is 580 g/mol. The summed E-state index contributed by atoms with van der Waals surface area (Å²) in [4.78, 5) is 13.3. The molecule has 0 spiro atoms. The normalized spacial score (nSPS) is 14.7.